The number of hydrogen-bond acceptors (Lipinski definition) is 5. The highest BCUT2D eigenvalue weighted by Crippen LogP contribution is 2.47. The average Bonchev–Trinajstić information content (AvgIpc) is 2.67. The van der Waals surface area contributed by atoms with Crippen LogP contribution in [-0.4, -0.2) is 61.3 Å². The quantitative estimate of drug-likeness (QED) is 0.511. The minimum atomic E-state index is -0.339. The predicted octanol–water partition coefficient (Wildman–Crippen LogP) is 2.94. The van der Waals surface area contributed by atoms with Crippen LogP contribution in [0.3, 0.4) is 0 Å². The molecular weight excluding hydrogens is 334 g/mol. The molecule has 5 nitrogen and oxygen atoms in total. The fourth-order valence-corrected chi connectivity index (χ4v) is 4.43. The molecule has 1 unspecified atom stereocenters. The molecule has 0 radical (unpaired) electrons. The Kier molecular flexibility index (Phi) is 6.51. The number of hydrogen-bond donors (Lipinski definition) is 2. The van der Waals surface area contributed by atoms with E-state index in [0.29, 0.717) is 11.3 Å². The number of nitrogens with zero attached hydrogens (tertiary/aromatic N) is 3. The van der Waals surface area contributed by atoms with Gasteiger partial charge in [-0.05, 0) is 57.0 Å². The summed E-state index contributed by atoms with van der Waals surface area (Å²) in [5.74, 6) is 0.736. The first-order valence-corrected chi connectivity index (χ1v) is 10.4. The van der Waals surface area contributed by atoms with E-state index in [1.807, 2.05) is 6.08 Å². The molecule has 1 fully saturated rings. The van der Waals surface area contributed by atoms with E-state index in [9.17, 15) is 5.26 Å². The van der Waals surface area contributed by atoms with Crippen LogP contribution in [0.4, 0.5) is 0 Å². The molecule has 146 valence electrons. The number of piperidine rings is 1. The van der Waals surface area contributed by atoms with E-state index in [1.54, 1.807) is 0 Å². The topological polar surface area (TPSA) is 66.2 Å². The first kappa shape index (κ1) is 19.9. The van der Waals surface area contributed by atoms with Gasteiger partial charge in [-0.3, -0.25) is 0 Å². The Hall–Kier alpha value is -1.90. The zero-order valence-electron chi connectivity index (χ0n) is 16.8. The van der Waals surface area contributed by atoms with Crippen molar-refractivity contribution in [1.29, 1.82) is 10.7 Å². The maximum Gasteiger partial charge on any atom is 0.101 e. The van der Waals surface area contributed by atoms with Crippen molar-refractivity contribution in [1.82, 2.24) is 15.1 Å². The van der Waals surface area contributed by atoms with Crippen molar-refractivity contribution in [3.8, 4) is 6.07 Å². The first-order chi connectivity index (χ1) is 13.1. The van der Waals surface area contributed by atoms with Gasteiger partial charge >= 0.3 is 0 Å². The van der Waals surface area contributed by atoms with Crippen LogP contribution < -0.4 is 5.32 Å². The highest BCUT2D eigenvalue weighted by molar-refractivity contribution is 6.10. The van der Waals surface area contributed by atoms with Crippen molar-refractivity contribution in [3.05, 3.63) is 35.6 Å². The Morgan fingerprint density at radius 2 is 2.00 bits per heavy atom. The predicted molar refractivity (Wildman–Crippen MR) is 111 cm³/mol. The molecule has 1 aliphatic heterocycles. The second kappa shape index (κ2) is 8.86. The smallest absolute Gasteiger partial charge is 0.101 e. The molecule has 1 spiro atoms. The lowest BCUT2D eigenvalue weighted by Gasteiger charge is -2.47. The molecule has 0 amide bonds. The summed E-state index contributed by atoms with van der Waals surface area (Å²) in [4.78, 5) is 4.91. The summed E-state index contributed by atoms with van der Waals surface area (Å²) >= 11 is 0. The van der Waals surface area contributed by atoms with Gasteiger partial charge in [0.25, 0.3) is 0 Å². The number of nitrogens with one attached hydrogen (secondary N) is 2. The van der Waals surface area contributed by atoms with Gasteiger partial charge in [0.2, 0.25) is 0 Å². The van der Waals surface area contributed by atoms with Crippen molar-refractivity contribution in [2.45, 2.75) is 33.1 Å². The summed E-state index contributed by atoms with van der Waals surface area (Å²) in [5, 5.41) is 21.4. The van der Waals surface area contributed by atoms with Gasteiger partial charge in [0, 0.05) is 31.9 Å². The van der Waals surface area contributed by atoms with Crippen molar-refractivity contribution >= 4 is 5.71 Å². The minimum absolute atomic E-state index is 0.339. The lowest BCUT2D eigenvalue weighted by molar-refractivity contribution is 0.196. The SMILES string of the molecule is CCN(CC)CCNCC1CCN(C2=CC=C(C#N)C(=N)C23C=CC3)CC1. The van der Waals surface area contributed by atoms with Gasteiger partial charge in [-0.15, -0.1) is 0 Å². The molecule has 27 heavy (non-hydrogen) atoms. The fraction of sp³-hybridized carbons (Fsp3) is 0.636. The van der Waals surface area contributed by atoms with E-state index in [2.05, 4.69) is 53.3 Å². The summed E-state index contributed by atoms with van der Waals surface area (Å²) in [6, 6.07) is 2.18. The third-order valence-corrected chi connectivity index (χ3v) is 6.43. The Morgan fingerprint density at radius 3 is 2.56 bits per heavy atom. The molecule has 0 bridgehead atoms. The van der Waals surface area contributed by atoms with Gasteiger partial charge < -0.3 is 20.5 Å². The van der Waals surface area contributed by atoms with Crippen LogP contribution in [-0.2, 0) is 0 Å². The van der Waals surface area contributed by atoms with Crippen LogP contribution in [0.5, 0.6) is 0 Å². The van der Waals surface area contributed by atoms with Crippen LogP contribution in [0.1, 0.15) is 33.1 Å². The summed E-state index contributed by atoms with van der Waals surface area (Å²) in [5.41, 5.74) is 1.87. The first-order valence-electron chi connectivity index (χ1n) is 10.4. The maximum absolute atomic E-state index is 9.28. The third kappa shape index (κ3) is 4.02. The normalized spacial score (nSPS) is 25.4. The number of nitriles is 1. The van der Waals surface area contributed by atoms with Crippen molar-refractivity contribution < 1.29 is 0 Å². The Balaban J connectivity index is 1.50. The van der Waals surface area contributed by atoms with Crippen molar-refractivity contribution in [2.24, 2.45) is 11.3 Å². The fourth-order valence-electron chi connectivity index (χ4n) is 4.43. The highest BCUT2D eigenvalue weighted by Gasteiger charge is 2.45. The maximum atomic E-state index is 9.28. The Bertz CT molecular complexity index is 671. The monoisotopic (exact) mass is 367 g/mol. The van der Waals surface area contributed by atoms with Gasteiger partial charge in [-0.25, -0.2) is 0 Å². The number of likely N-dealkylation sites (N-methyl/N-ethyl adjacent to an activating group) is 1. The van der Waals surface area contributed by atoms with Gasteiger partial charge in [0.15, 0.2) is 0 Å². The summed E-state index contributed by atoms with van der Waals surface area (Å²) in [6.07, 6.45) is 11.4. The molecule has 5 heteroatoms. The molecule has 3 aliphatic rings. The summed E-state index contributed by atoms with van der Waals surface area (Å²) < 4.78 is 0. The van der Waals surface area contributed by atoms with E-state index in [4.69, 9.17) is 5.41 Å². The van der Waals surface area contributed by atoms with Crippen molar-refractivity contribution in [3.63, 3.8) is 0 Å². The van der Waals surface area contributed by atoms with Gasteiger partial charge in [0.1, 0.15) is 6.07 Å². The lowest BCUT2D eigenvalue weighted by atomic mass is 9.65. The van der Waals surface area contributed by atoms with E-state index < -0.39 is 0 Å². The van der Waals surface area contributed by atoms with Crippen LogP contribution in [0.15, 0.2) is 35.6 Å². The molecule has 2 aliphatic carbocycles. The number of rotatable bonds is 8. The van der Waals surface area contributed by atoms with Gasteiger partial charge in [-0.2, -0.15) is 5.26 Å². The zero-order chi connectivity index (χ0) is 19.3. The van der Waals surface area contributed by atoms with Crippen LogP contribution in [0.2, 0.25) is 0 Å². The molecule has 1 atom stereocenters. The molecule has 1 saturated heterocycles. The molecule has 0 aromatic rings. The van der Waals surface area contributed by atoms with Crippen molar-refractivity contribution in [2.75, 3.05) is 45.8 Å². The molecule has 0 aromatic heterocycles. The average molecular weight is 368 g/mol. The Labute approximate surface area is 163 Å². The second-order valence-corrected chi connectivity index (χ2v) is 7.86. The van der Waals surface area contributed by atoms with E-state index in [0.717, 1.165) is 58.2 Å². The lowest BCUT2D eigenvalue weighted by Crippen LogP contribution is -2.47. The molecular formula is C22H33N5. The largest absolute Gasteiger partial charge is 0.374 e. The van der Waals surface area contributed by atoms with Crippen LogP contribution in [0.25, 0.3) is 0 Å². The van der Waals surface area contributed by atoms with E-state index in [1.165, 1.54) is 18.5 Å². The minimum Gasteiger partial charge on any atom is -0.374 e. The highest BCUT2D eigenvalue weighted by atomic mass is 15.2. The molecule has 1 heterocycles. The standard InChI is InChI=1S/C22H33N5/c1-3-26(4-2)15-12-25-17-18-8-13-27(14-9-18)20-7-6-19(16-23)21(24)22(20)10-5-11-22/h5-7,10,18,24-25H,3-4,8-9,11-15,17H2,1-2H3. The summed E-state index contributed by atoms with van der Waals surface area (Å²) in [7, 11) is 0. The molecule has 0 saturated carbocycles. The van der Waals surface area contributed by atoms with Gasteiger partial charge in [-0.1, -0.05) is 26.0 Å². The van der Waals surface area contributed by atoms with Crippen LogP contribution >= 0.6 is 0 Å². The third-order valence-electron chi connectivity index (χ3n) is 6.43. The van der Waals surface area contributed by atoms with Crippen LogP contribution in [0, 0.1) is 28.1 Å². The molecule has 0 aromatic carbocycles. The molecule has 2 N–H and O–H groups in total. The van der Waals surface area contributed by atoms with Gasteiger partial charge in [0.05, 0.1) is 16.7 Å². The number of allylic oxidation sites excluding steroid dienone is 5. The summed E-state index contributed by atoms with van der Waals surface area (Å²) in [6.45, 7) is 12.1. The second-order valence-electron chi connectivity index (χ2n) is 7.86. The Morgan fingerprint density at radius 1 is 1.30 bits per heavy atom. The van der Waals surface area contributed by atoms with E-state index in [-0.39, 0.29) is 5.41 Å². The number of likely N-dealkylation sites (tertiary alicyclic amines) is 1. The molecule has 3 rings (SSSR count). The zero-order valence-corrected chi connectivity index (χ0v) is 16.8. The van der Waals surface area contributed by atoms with E-state index >= 15 is 0 Å².